The maximum atomic E-state index is 11.4. The Morgan fingerprint density at radius 2 is 2.06 bits per heavy atom. The van der Waals surface area contributed by atoms with Gasteiger partial charge in [-0.3, -0.25) is 4.79 Å². The molecule has 0 aliphatic carbocycles. The summed E-state index contributed by atoms with van der Waals surface area (Å²) in [5.41, 5.74) is 0. The molecule has 0 unspecified atom stereocenters. The van der Waals surface area contributed by atoms with E-state index in [1.807, 2.05) is 0 Å². The van der Waals surface area contributed by atoms with Gasteiger partial charge in [0.1, 0.15) is 11.5 Å². The van der Waals surface area contributed by atoms with Crippen molar-refractivity contribution in [2.24, 2.45) is 0 Å². The zero-order valence-electron chi connectivity index (χ0n) is 9.01. The zero-order chi connectivity index (χ0) is 11.5. The molecule has 3 rings (SSSR count). The number of esters is 1. The maximum Gasteiger partial charge on any atom is 0.324 e. The predicted octanol–water partition coefficient (Wildman–Crippen LogP) is 0.786. The lowest BCUT2D eigenvalue weighted by atomic mass is 10.0. The van der Waals surface area contributed by atoms with Crippen molar-refractivity contribution in [2.75, 3.05) is 0 Å². The Morgan fingerprint density at radius 3 is 2.81 bits per heavy atom. The molecule has 0 bridgehead atoms. The molecule has 5 nitrogen and oxygen atoms in total. The maximum absolute atomic E-state index is 11.4. The first-order chi connectivity index (χ1) is 7.46. The number of alkyl halides is 1. The molecule has 90 valence electrons. The minimum absolute atomic E-state index is 0.216. The van der Waals surface area contributed by atoms with E-state index in [4.69, 9.17) is 30.5 Å². The van der Waals surface area contributed by atoms with E-state index >= 15 is 0 Å². The Hall–Kier alpha value is -0.360. The Balaban J connectivity index is 1.79. The minimum Gasteiger partial charge on any atom is -0.455 e. The van der Waals surface area contributed by atoms with Gasteiger partial charge in [0.05, 0.1) is 0 Å². The molecule has 0 aromatic heterocycles. The van der Waals surface area contributed by atoms with E-state index in [-0.39, 0.29) is 12.2 Å². The molecule has 3 aliphatic heterocycles. The lowest BCUT2D eigenvalue weighted by molar-refractivity contribution is -0.224. The third-order valence-corrected chi connectivity index (χ3v) is 3.39. The van der Waals surface area contributed by atoms with E-state index in [0.717, 1.165) is 0 Å². The van der Waals surface area contributed by atoms with Crippen LogP contribution in [0.25, 0.3) is 0 Å². The van der Waals surface area contributed by atoms with Gasteiger partial charge in [-0.2, -0.15) is 0 Å². The molecule has 0 radical (unpaired) electrons. The van der Waals surface area contributed by atoms with Gasteiger partial charge in [-0.1, -0.05) is 0 Å². The molecule has 3 fully saturated rings. The fraction of sp³-hybridized carbons (Fsp3) is 0.900. The van der Waals surface area contributed by atoms with Gasteiger partial charge in [0.15, 0.2) is 24.3 Å². The van der Waals surface area contributed by atoms with Crippen molar-refractivity contribution >= 4 is 17.6 Å². The van der Waals surface area contributed by atoms with Crippen LogP contribution < -0.4 is 0 Å². The van der Waals surface area contributed by atoms with Crippen LogP contribution in [0.4, 0.5) is 0 Å². The fourth-order valence-corrected chi connectivity index (χ4v) is 2.61. The lowest BCUT2D eigenvalue weighted by Crippen LogP contribution is -2.45. The van der Waals surface area contributed by atoms with Crippen LogP contribution in [0.3, 0.4) is 0 Å². The van der Waals surface area contributed by atoms with Crippen LogP contribution in [0.15, 0.2) is 0 Å². The number of fused-ring (bicyclic) bond motifs is 3. The summed E-state index contributed by atoms with van der Waals surface area (Å²) < 4.78 is 22.1. The standard InChI is InChI=1S/C10H13ClO5/c1-10(2)15-7-6-5(13-9(7)16-10)3-4(11)8(12)14-6/h4-7,9H,3H2,1-2H3/t4-,5+,6-,7-,9+/m1/s1. The molecule has 3 aliphatic rings. The van der Waals surface area contributed by atoms with Crippen molar-refractivity contribution in [3.63, 3.8) is 0 Å². The van der Waals surface area contributed by atoms with E-state index in [0.29, 0.717) is 6.42 Å². The van der Waals surface area contributed by atoms with Crippen molar-refractivity contribution in [3.8, 4) is 0 Å². The second kappa shape index (κ2) is 3.32. The van der Waals surface area contributed by atoms with Crippen molar-refractivity contribution < 1.29 is 23.7 Å². The number of carbonyl (C=O) groups is 1. The van der Waals surface area contributed by atoms with Gasteiger partial charge in [0.25, 0.3) is 0 Å². The topological polar surface area (TPSA) is 54.0 Å². The largest absolute Gasteiger partial charge is 0.455 e. The van der Waals surface area contributed by atoms with Crippen molar-refractivity contribution in [1.29, 1.82) is 0 Å². The van der Waals surface area contributed by atoms with Crippen LogP contribution in [0.1, 0.15) is 20.3 Å². The smallest absolute Gasteiger partial charge is 0.324 e. The lowest BCUT2D eigenvalue weighted by Gasteiger charge is -2.30. The van der Waals surface area contributed by atoms with Gasteiger partial charge in [0, 0.05) is 6.42 Å². The van der Waals surface area contributed by atoms with E-state index in [2.05, 4.69) is 0 Å². The molecule has 5 atom stereocenters. The second-order valence-corrected chi connectivity index (χ2v) is 5.27. The fourth-order valence-electron chi connectivity index (χ4n) is 2.39. The molecular weight excluding hydrogens is 236 g/mol. The van der Waals surface area contributed by atoms with Gasteiger partial charge >= 0.3 is 5.97 Å². The minimum atomic E-state index is -0.690. The Bertz CT molecular complexity index is 331. The normalized spacial score (nSPS) is 49.7. The highest BCUT2D eigenvalue weighted by molar-refractivity contribution is 6.30. The van der Waals surface area contributed by atoms with Crippen molar-refractivity contribution in [1.82, 2.24) is 0 Å². The molecule has 0 spiro atoms. The number of carbonyl (C=O) groups excluding carboxylic acids is 1. The van der Waals surface area contributed by atoms with Crippen LogP contribution in [0, 0.1) is 0 Å². The summed E-state index contributed by atoms with van der Waals surface area (Å²) in [7, 11) is 0. The second-order valence-electron chi connectivity index (χ2n) is 4.75. The highest BCUT2D eigenvalue weighted by Gasteiger charge is 2.58. The quantitative estimate of drug-likeness (QED) is 0.469. The Morgan fingerprint density at radius 1 is 1.31 bits per heavy atom. The van der Waals surface area contributed by atoms with Gasteiger partial charge in [-0.15, -0.1) is 11.6 Å². The Labute approximate surface area is 97.9 Å². The number of hydrogen-bond donors (Lipinski definition) is 0. The summed E-state index contributed by atoms with van der Waals surface area (Å²) in [4.78, 5) is 11.4. The first-order valence-corrected chi connectivity index (χ1v) is 5.75. The average Bonchev–Trinajstić information content (AvgIpc) is 2.60. The number of hydrogen-bond acceptors (Lipinski definition) is 5. The van der Waals surface area contributed by atoms with Gasteiger partial charge in [-0.05, 0) is 13.8 Å². The molecule has 0 amide bonds. The van der Waals surface area contributed by atoms with E-state index < -0.39 is 29.5 Å². The third kappa shape index (κ3) is 1.54. The highest BCUT2D eigenvalue weighted by Crippen LogP contribution is 2.42. The molecule has 16 heavy (non-hydrogen) atoms. The van der Waals surface area contributed by atoms with E-state index in [1.165, 1.54) is 0 Å². The van der Waals surface area contributed by atoms with Crippen LogP contribution in [-0.4, -0.2) is 41.7 Å². The molecule has 0 saturated carbocycles. The molecule has 0 aromatic carbocycles. The summed E-state index contributed by atoms with van der Waals surface area (Å²) in [6, 6.07) is 0. The van der Waals surface area contributed by atoms with Crippen molar-refractivity contribution in [2.45, 2.75) is 56.0 Å². The van der Waals surface area contributed by atoms with E-state index in [1.54, 1.807) is 13.8 Å². The SMILES string of the molecule is CC1(C)O[C@@H]2O[C@H]3C[C@@H](Cl)C(=O)O[C@H]3[C@H]2O1. The first kappa shape index (κ1) is 10.8. The van der Waals surface area contributed by atoms with Gasteiger partial charge in [0.2, 0.25) is 0 Å². The molecule has 3 saturated heterocycles. The van der Waals surface area contributed by atoms with Crippen LogP contribution in [0.5, 0.6) is 0 Å². The van der Waals surface area contributed by atoms with Gasteiger partial charge in [-0.25, -0.2) is 0 Å². The van der Waals surface area contributed by atoms with Crippen LogP contribution in [0.2, 0.25) is 0 Å². The molecular formula is C10H13ClO5. The van der Waals surface area contributed by atoms with Gasteiger partial charge < -0.3 is 18.9 Å². The summed E-state index contributed by atoms with van der Waals surface area (Å²) in [6.07, 6.45) is -0.959. The average molecular weight is 249 g/mol. The number of rotatable bonds is 0. The van der Waals surface area contributed by atoms with Crippen LogP contribution in [-0.2, 0) is 23.7 Å². The molecule has 6 heteroatoms. The molecule has 0 N–H and O–H groups in total. The van der Waals surface area contributed by atoms with Crippen LogP contribution >= 0.6 is 11.6 Å². The first-order valence-electron chi connectivity index (χ1n) is 5.32. The van der Waals surface area contributed by atoms with Crippen molar-refractivity contribution in [3.05, 3.63) is 0 Å². The van der Waals surface area contributed by atoms with E-state index in [9.17, 15) is 4.79 Å². The summed E-state index contributed by atoms with van der Waals surface area (Å²) in [6.45, 7) is 3.61. The highest BCUT2D eigenvalue weighted by atomic mass is 35.5. The predicted molar refractivity (Wildman–Crippen MR) is 52.8 cm³/mol. The summed E-state index contributed by atoms with van der Waals surface area (Å²) in [5.74, 6) is -1.09. The molecule has 3 heterocycles. The molecule has 0 aromatic rings. The zero-order valence-corrected chi connectivity index (χ0v) is 9.77. The number of ether oxygens (including phenoxy) is 4. The summed E-state index contributed by atoms with van der Waals surface area (Å²) in [5, 5.41) is -0.631. The monoisotopic (exact) mass is 248 g/mol. The Kier molecular flexibility index (Phi) is 2.24. The third-order valence-electron chi connectivity index (χ3n) is 3.03. The number of halogens is 1. The summed E-state index contributed by atoms with van der Waals surface area (Å²) >= 11 is 5.81.